The second kappa shape index (κ2) is 19.5. The van der Waals surface area contributed by atoms with Gasteiger partial charge in [-0.25, -0.2) is 35.6 Å². The van der Waals surface area contributed by atoms with Crippen molar-refractivity contribution in [2.45, 2.75) is 29.6 Å². The van der Waals surface area contributed by atoms with Gasteiger partial charge in [-0.3, -0.25) is 0 Å². The molecule has 4 aromatic carbocycles. The Hall–Kier alpha value is -4.20. The number of benzene rings is 4. The van der Waals surface area contributed by atoms with E-state index in [1.165, 1.54) is 31.9 Å². The molecule has 2 aliphatic rings. The summed E-state index contributed by atoms with van der Waals surface area (Å²) in [6.07, 6.45) is 1.48. The van der Waals surface area contributed by atoms with Gasteiger partial charge in [-0.05, 0) is 66.6 Å². The normalized spacial score (nSPS) is 15.4. The summed E-state index contributed by atoms with van der Waals surface area (Å²) in [5, 5.41) is 5.46. The van der Waals surface area contributed by atoms with Gasteiger partial charge >= 0.3 is 0 Å². The molecule has 2 aliphatic heterocycles. The molecule has 0 unspecified atom stereocenters. The highest BCUT2D eigenvalue weighted by molar-refractivity contribution is 7.89. The Morgan fingerprint density at radius 1 is 0.623 bits per heavy atom. The van der Waals surface area contributed by atoms with Crippen LogP contribution in [0.4, 0.5) is 19.0 Å². The van der Waals surface area contributed by atoms with Crippen molar-refractivity contribution in [1.82, 2.24) is 18.6 Å². The number of rotatable bonds is 11. The Bertz CT molecular complexity index is 2710. The summed E-state index contributed by atoms with van der Waals surface area (Å²) in [5.41, 5.74) is 5.54. The fourth-order valence-electron chi connectivity index (χ4n) is 6.88. The Balaban J connectivity index is 0.000000184. The first-order valence-electron chi connectivity index (χ1n) is 19.2. The zero-order chi connectivity index (χ0) is 43.3. The standard InChI is InChI=1S/C21H21ClFN3O3S2.C21H21ClFN3O2S2/c1-29-17-4-2-3-15(12-17)11-16-14-30-21(24-16)25-7-9-26(10-8-25)31(27,28)18-5-6-20(23)19(22)13-18;1-15-3-2-4-16(11-15)12-17-14-29-21(24-17)25-7-9-26(10-8-25)30(27,28)18-5-6-20(23)19(22)13-18/h2-6,12-14H,7-11H2,1H3;2-6,11,13-14H,7-10,12H2,1H3. The van der Waals surface area contributed by atoms with Crippen molar-refractivity contribution in [2.24, 2.45) is 0 Å². The number of sulfonamides is 2. The van der Waals surface area contributed by atoms with E-state index in [0.29, 0.717) is 58.8 Å². The molecule has 2 saturated heterocycles. The molecule has 0 aliphatic carbocycles. The maximum Gasteiger partial charge on any atom is 0.243 e. The summed E-state index contributed by atoms with van der Waals surface area (Å²) < 4.78 is 86.2. The van der Waals surface area contributed by atoms with Crippen LogP contribution in [0.1, 0.15) is 28.1 Å². The number of ether oxygens (including phenoxy) is 1. The Morgan fingerprint density at radius 2 is 1.07 bits per heavy atom. The first kappa shape index (κ1) is 44.8. The van der Waals surface area contributed by atoms with Gasteiger partial charge in [-0.1, -0.05) is 65.2 Å². The first-order chi connectivity index (χ1) is 29.2. The third kappa shape index (κ3) is 10.9. The van der Waals surface area contributed by atoms with Gasteiger partial charge in [-0.15, -0.1) is 22.7 Å². The molecular formula is C42H42Cl2F2N6O5S4. The van der Waals surface area contributed by atoms with Crippen LogP contribution in [-0.2, 0) is 32.9 Å². The lowest BCUT2D eigenvalue weighted by Gasteiger charge is -2.33. The number of piperazine rings is 2. The number of methoxy groups -OCH3 is 1. The van der Waals surface area contributed by atoms with Crippen molar-refractivity contribution in [1.29, 1.82) is 0 Å². The topological polar surface area (TPSA) is 116 Å². The largest absolute Gasteiger partial charge is 0.497 e. The van der Waals surface area contributed by atoms with Crippen molar-refractivity contribution >= 4 is 76.2 Å². The highest BCUT2D eigenvalue weighted by Crippen LogP contribution is 2.29. The van der Waals surface area contributed by atoms with Crippen LogP contribution in [0.3, 0.4) is 0 Å². The molecular weight excluding hydrogens is 906 g/mol. The van der Waals surface area contributed by atoms with Gasteiger partial charge in [-0.2, -0.15) is 8.61 Å². The van der Waals surface area contributed by atoms with Gasteiger partial charge in [0.25, 0.3) is 0 Å². The monoisotopic (exact) mass is 946 g/mol. The fraction of sp³-hybridized carbons (Fsp3) is 0.286. The van der Waals surface area contributed by atoms with E-state index in [4.69, 9.17) is 37.9 Å². The van der Waals surface area contributed by atoms with Crippen LogP contribution in [0.15, 0.2) is 105 Å². The van der Waals surface area contributed by atoms with Gasteiger partial charge in [0.1, 0.15) is 17.4 Å². The maximum atomic E-state index is 13.4. The van der Waals surface area contributed by atoms with E-state index >= 15 is 0 Å². The highest BCUT2D eigenvalue weighted by Gasteiger charge is 2.31. The predicted molar refractivity (Wildman–Crippen MR) is 239 cm³/mol. The summed E-state index contributed by atoms with van der Waals surface area (Å²) in [5.74, 6) is -0.461. The summed E-state index contributed by atoms with van der Waals surface area (Å²) in [7, 11) is -5.79. The number of halogens is 4. The number of aryl methyl sites for hydroxylation is 1. The average Bonchev–Trinajstić information content (AvgIpc) is 3.93. The molecule has 0 amide bonds. The number of aromatic nitrogens is 2. The van der Waals surface area contributed by atoms with Crippen LogP contribution in [0.2, 0.25) is 10.0 Å². The molecule has 0 radical (unpaired) electrons. The molecule has 0 bridgehead atoms. The Kier molecular flexibility index (Phi) is 14.3. The molecule has 61 heavy (non-hydrogen) atoms. The minimum absolute atomic E-state index is 0.00201. The molecule has 6 aromatic rings. The molecule has 19 heteroatoms. The predicted octanol–water partition coefficient (Wildman–Crippen LogP) is 8.39. The molecule has 4 heterocycles. The number of anilines is 2. The summed E-state index contributed by atoms with van der Waals surface area (Å²) in [6, 6.07) is 23.2. The Morgan fingerprint density at radius 3 is 1.49 bits per heavy atom. The van der Waals surface area contributed by atoms with E-state index in [-0.39, 0.29) is 19.8 Å². The van der Waals surface area contributed by atoms with Crippen LogP contribution >= 0.6 is 45.9 Å². The number of thiazole rings is 2. The zero-order valence-electron chi connectivity index (χ0n) is 33.2. The van der Waals surface area contributed by atoms with E-state index in [2.05, 4.69) is 40.3 Å². The molecule has 0 atom stereocenters. The lowest BCUT2D eigenvalue weighted by molar-refractivity contribution is 0.384. The lowest BCUT2D eigenvalue weighted by Crippen LogP contribution is -2.48. The molecule has 0 N–H and O–H groups in total. The van der Waals surface area contributed by atoms with Crippen molar-refractivity contribution in [3.63, 3.8) is 0 Å². The van der Waals surface area contributed by atoms with E-state index in [9.17, 15) is 25.6 Å². The SMILES string of the molecule is COc1cccc(Cc2csc(N3CCN(S(=O)(=O)c4ccc(F)c(Cl)c4)CC3)n2)c1.Cc1cccc(Cc2csc(N3CCN(S(=O)(=O)c4ccc(F)c(Cl)c4)CC3)n2)c1. The second-order valence-electron chi connectivity index (χ2n) is 14.4. The fourth-order valence-corrected chi connectivity index (χ4v) is 12.0. The molecule has 322 valence electrons. The molecule has 11 nitrogen and oxygen atoms in total. The first-order valence-corrected chi connectivity index (χ1v) is 24.6. The quantitative estimate of drug-likeness (QED) is 0.126. The van der Waals surface area contributed by atoms with Crippen LogP contribution in [0, 0.1) is 18.6 Å². The van der Waals surface area contributed by atoms with Crippen LogP contribution < -0.4 is 14.5 Å². The summed E-state index contributed by atoms with van der Waals surface area (Å²) in [4.78, 5) is 13.7. The van der Waals surface area contributed by atoms with Crippen molar-refractivity contribution in [2.75, 3.05) is 69.3 Å². The highest BCUT2D eigenvalue weighted by atomic mass is 35.5. The Labute approximate surface area is 372 Å². The molecule has 0 spiro atoms. The maximum absolute atomic E-state index is 13.4. The van der Waals surface area contributed by atoms with E-state index in [1.54, 1.807) is 29.8 Å². The van der Waals surface area contributed by atoms with Gasteiger partial charge in [0.15, 0.2) is 10.3 Å². The third-order valence-electron chi connectivity index (χ3n) is 10.1. The summed E-state index contributed by atoms with van der Waals surface area (Å²) in [6.45, 7) is 5.54. The van der Waals surface area contributed by atoms with Crippen LogP contribution in [-0.4, -0.2) is 94.9 Å². The minimum Gasteiger partial charge on any atom is -0.497 e. The summed E-state index contributed by atoms with van der Waals surface area (Å²) >= 11 is 14.6. The number of hydrogen-bond acceptors (Lipinski definition) is 11. The smallest absolute Gasteiger partial charge is 0.243 e. The average molecular weight is 948 g/mol. The molecule has 2 fully saturated rings. The van der Waals surface area contributed by atoms with Crippen molar-refractivity contribution in [3.05, 3.63) is 145 Å². The van der Waals surface area contributed by atoms with Crippen molar-refractivity contribution in [3.8, 4) is 5.75 Å². The molecule has 2 aromatic heterocycles. The van der Waals surface area contributed by atoms with Gasteiger partial charge in [0, 0.05) is 76.0 Å². The van der Waals surface area contributed by atoms with Gasteiger partial charge < -0.3 is 14.5 Å². The van der Waals surface area contributed by atoms with Gasteiger partial charge in [0.2, 0.25) is 20.0 Å². The van der Waals surface area contributed by atoms with Crippen LogP contribution in [0.5, 0.6) is 5.75 Å². The van der Waals surface area contributed by atoms with Gasteiger partial charge in [0.05, 0.1) is 38.3 Å². The second-order valence-corrected chi connectivity index (χ2v) is 20.7. The lowest BCUT2D eigenvalue weighted by atomic mass is 10.1. The zero-order valence-corrected chi connectivity index (χ0v) is 38.0. The number of hydrogen-bond donors (Lipinski definition) is 0. The van der Waals surface area contributed by atoms with E-state index < -0.39 is 31.7 Å². The van der Waals surface area contributed by atoms with E-state index in [0.717, 1.165) is 63.7 Å². The minimum atomic E-state index is -3.72. The number of nitrogens with zero attached hydrogens (tertiary/aromatic N) is 6. The third-order valence-corrected chi connectivity index (χ3v) is 16.4. The van der Waals surface area contributed by atoms with Crippen LogP contribution in [0.25, 0.3) is 0 Å². The molecule has 8 rings (SSSR count). The molecule has 0 saturated carbocycles. The van der Waals surface area contributed by atoms with Crippen molar-refractivity contribution < 1.29 is 30.4 Å². The van der Waals surface area contributed by atoms with E-state index in [1.807, 2.05) is 35.7 Å².